The van der Waals surface area contributed by atoms with Crippen LogP contribution in [0.1, 0.15) is 44.1 Å². The van der Waals surface area contributed by atoms with Crippen molar-refractivity contribution in [3.8, 4) is 11.1 Å². The van der Waals surface area contributed by atoms with E-state index in [0.29, 0.717) is 12.5 Å². The first kappa shape index (κ1) is 19.4. The molecule has 4 nitrogen and oxygen atoms in total. The molecule has 1 saturated carbocycles. The zero-order valence-corrected chi connectivity index (χ0v) is 16.8. The number of carbonyl (C=O) groups is 1. The van der Waals surface area contributed by atoms with Crippen molar-refractivity contribution in [1.82, 2.24) is 9.88 Å². The van der Waals surface area contributed by atoms with E-state index in [1.54, 1.807) is 12.4 Å². The number of rotatable bonds is 4. The van der Waals surface area contributed by atoms with E-state index in [9.17, 15) is 9.90 Å². The number of hydrogen-bond acceptors (Lipinski definition) is 3. The molecule has 4 rings (SSSR count). The van der Waals surface area contributed by atoms with Gasteiger partial charge >= 0.3 is 0 Å². The van der Waals surface area contributed by atoms with E-state index >= 15 is 0 Å². The van der Waals surface area contributed by atoms with Crippen LogP contribution in [-0.2, 0) is 11.2 Å². The normalized spacial score (nSPS) is 25.7. The maximum absolute atomic E-state index is 13.1. The summed E-state index contributed by atoms with van der Waals surface area (Å²) in [5, 5.41) is 10.5. The summed E-state index contributed by atoms with van der Waals surface area (Å²) in [7, 11) is 0. The maximum atomic E-state index is 13.1. The number of hydrogen-bond donors (Lipinski definition) is 1. The van der Waals surface area contributed by atoms with Crippen molar-refractivity contribution in [2.24, 2.45) is 5.92 Å². The molecule has 148 valence electrons. The van der Waals surface area contributed by atoms with Crippen LogP contribution in [0, 0.1) is 5.92 Å². The molecule has 1 aliphatic heterocycles. The molecule has 1 aromatic carbocycles. The summed E-state index contributed by atoms with van der Waals surface area (Å²) in [5.41, 5.74) is 3.19. The fourth-order valence-corrected chi connectivity index (χ4v) is 4.86. The minimum Gasteiger partial charge on any atom is -0.393 e. The molecule has 2 aliphatic rings. The molecule has 0 bridgehead atoms. The van der Waals surface area contributed by atoms with Crippen molar-refractivity contribution >= 4 is 17.5 Å². The smallest absolute Gasteiger partial charge is 0.226 e. The summed E-state index contributed by atoms with van der Waals surface area (Å²) < 4.78 is 0. The molecule has 2 aromatic rings. The number of nitrogens with zero attached hydrogens (tertiary/aromatic N) is 2. The third-order valence-electron chi connectivity index (χ3n) is 6.22. The first-order chi connectivity index (χ1) is 13.6. The number of piperidine rings is 1. The van der Waals surface area contributed by atoms with E-state index in [0.717, 1.165) is 66.8 Å². The van der Waals surface area contributed by atoms with Crippen LogP contribution in [0.4, 0.5) is 0 Å². The predicted octanol–water partition coefficient (Wildman–Crippen LogP) is 4.49. The van der Waals surface area contributed by atoms with Gasteiger partial charge in [-0.15, -0.1) is 0 Å². The zero-order valence-electron chi connectivity index (χ0n) is 16.1. The summed E-state index contributed by atoms with van der Waals surface area (Å²) in [6, 6.07) is 10.3. The quantitative estimate of drug-likeness (QED) is 0.825. The van der Waals surface area contributed by atoms with Gasteiger partial charge in [0.2, 0.25) is 5.91 Å². The SMILES string of the molecule is O=C1C(Cc2ccc(-c3ccncc3)cc2Cl)CCCN1C1CCC(O)CC1. The summed E-state index contributed by atoms with van der Waals surface area (Å²) in [6.45, 7) is 0.852. The minimum atomic E-state index is -0.190. The Hall–Kier alpha value is -1.91. The molecule has 1 atom stereocenters. The van der Waals surface area contributed by atoms with Gasteiger partial charge in [0.05, 0.1) is 6.10 Å². The molecule has 1 unspecified atom stereocenters. The van der Waals surface area contributed by atoms with Crippen LogP contribution in [0.25, 0.3) is 11.1 Å². The highest BCUT2D eigenvalue weighted by Crippen LogP contribution is 2.32. The van der Waals surface area contributed by atoms with E-state index < -0.39 is 0 Å². The molecule has 5 heteroatoms. The Bertz CT molecular complexity index is 819. The van der Waals surface area contributed by atoms with Crippen molar-refractivity contribution in [2.45, 2.75) is 57.1 Å². The Morgan fingerprint density at radius 2 is 1.79 bits per heavy atom. The summed E-state index contributed by atoms with van der Waals surface area (Å²) in [5.74, 6) is 0.270. The van der Waals surface area contributed by atoms with Gasteiger partial charge in [-0.3, -0.25) is 9.78 Å². The van der Waals surface area contributed by atoms with Crippen molar-refractivity contribution < 1.29 is 9.90 Å². The summed E-state index contributed by atoms with van der Waals surface area (Å²) in [4.78, 5) is 19.3. The Balaban J connectivity index is 1.45. The number of pyridine rings is 1. The second kappa shape index (κ2) is 8.62. The van der Waals surface area contributed by atoms with Gasteiger partial charge in [-0.05, 0) is 79.8 Å². The standard InChI is InChI=1S/C23H27ClN2O2/c24-22-15-17(16-9-11-25-12-10-16)3-4-18(22)14-19-2-1-13-26(23(19)28)20-5-7-21(27)8-6-20/h3-4,9-12,15,19-21,27H,1-2,5-8,13-14H2. The number of benzene rings is 1. The zero-order chi connectivity index (χ0) is 19.5. The molecular formula is C23H27ClN2O2. The fraction of sp³-hybridized carbons (Fsp3) is 0.478. The highest BCUT2D eigenvalue weighted by molar-refractivity contribution is 6.31. The Labute approximate surface area is 171 Å². The highest BCUT2D eigenvalue weighted by atomic mass is 35.5. The maximum Gasteiger partial charge on any atom is 0.226 e. The first-order valence-electron chi connectivity index (χ1n) is 10.3. The number of likely N-dealkylation sites (tertiary alicyclic amines) is 1. The largest absolute Gasteiger partial charge is 0.393 e. The van der Waals surface area contributed by atoms with Gasteiger partial charge in [0.25, 0.3) is 0 Å². The number of aromatic nitrogens is 1. The molecule has 1 amide bonds. The van der Waals surface area contributed by atoms with Crippen molar-refractivity contribution in [2.75, 3.05) is 6.54 Å². The highest BCUT2D eigenvalue weighted by Gasteiger charge is 2.35. The van der Waals surface area contributed by atoms with Crippen LogP contribution >= 0.6 is 11.6 Å². The molecule has 1 N–H and O–H groups in total. The number of aliphatic hydroxyl groups excluding tert-OH is 1. The van der Waals surface area contributed by atoms with Gasteiger partial charge < -0.3 is 10.0 Å². The van der Waals surface area contributed by atoms with Crippen molar-refractivity contribution in [1.29, 1.82) is 0 Å². The average molecular weight is 399 g/mol. The summed E-state index contributed by atoms with van der Waals surface area (Å²) >= 11 is 6.58. The number of halogens is 1. The van der Waals surface area contributed by atoms with E-state index in [1.807, 2.05) is 18.2 Å². The van der Waals surface area contributed by atoms with Crippen LogP contribution in [0.3, 0.4) is 0 Å². The van der Waals surface area contributed by atoms with Gasteiger partial charge in [0.15, 0.2) is 0 Å². The molecule has 2 heterocycles. The van der Waals surface area contributed by atoms with E-state index in [1.165, 1.54) is 0 Å². The third kappa shape index (κ3) is 4.23. The van der Waals surface area contributed by atoms with Crippen LogP contribution in [-0.4, -0.2) is 39.6 Å². The summed E-state index contributed by atoms with van der Waals surface area (Å²) in [6.07, 6.45) is 9.47. The predicted molar refractivity (Wildman–Crippen MR) is 111 cm³/mol. The van der Waals surface area contributed by atoms with Gasteiger partial charge in [-0.2, -0.15) is 0 Å². The lowest BCUT2D eigenvalue weighted by molar-refractivity contribution is -0.142. The van der Waals surface area contributed by atoms with E-state index in [2.05, 4.69) is 22.0 Å². The second-order valence-electron chi connectivity index (χ2n) is 8.08. The molecule has 0 spiro atoms. The molecular weight excluding hydrogens is 372 g/mol. The van der Waals surface area contributed by atoms with Crippen LogP contribution in [0.2, 0.25) is 5.02 Å². The molecule has 2 fully saturated rings. The molecule has 28 heavy (non-hydrogen) atoms. The van der Waals surface area contributed by atoms with Gasteiger partial charge in [-0.25, -0.2) is 0 Å². The average Bonchev–Trinajstić information content (AvgIpc) is 2.72. The van der Waals surface area contributed by atoms with Crippen molar-refractivity contribution in [3.63, 3.8) is 0 Å². The molecule has 0 radical (unpaired) electrons. The second-order valence-corrected chi connectivity index (χ2v) is 8.49. The van der Waals surface area contributed by atoms with Gasteiger partial charge in [-0.1, -0.05) is 23.7 Å². The molecule has 1 aliphatic carbocycles. The Morgan fingerprint density at radius 1 is 1.04 bits per heavy atom. The van der Waals surface area contributed by atoms with Crippen LogP contribution in [0.5, 0.6) is 0 Å². The van der Waals surface area contributed by atoms with E-state index in [-0.39, 0.29) is 17.9 Å². The van der Waals surface area contributed by atoms with E-state index in [4.69, 9.17) is 11.6 Å². The van der Waals surface area contributed by atoms with Crippen LogP contribution in [0.15, 0.2) is 42.7 Å². The number of carbonyl (C=O) groups excluding carboxylic acids is 1. The Morgan fingerprint density at radius 3 is 2.50 bits per heavy atom. The number of aliphatic hydroxyl groups is 1. The number of amides is 1. The van der Waals surface area contributed by atoms with Gasteiger partial charge in [0, 0.05) is 35.9 Å². The first-order valence-corrected chi connectivity index (χ1v) is 10.7. The monoisotopic (exact) mass is 398 g/mol. The third-order valence-corrected chi connectivity index (χ3v) is 6.58. The topological polar surface area (TPSA) is 53.4 Å². The van der Waals surface area contributed by atoms with Crippen molar-refractivity contribution in [3.05, 3.63) is 53.3 Å². The Kier molecular flexibility index (Phi) is 5.98. The fourth-order valence-electron chi connectivity index (χ4n) is 4.60. The lowest BCUT2D eigenvalue weighted by atomic mass is 9.86. The minimum absolute atomic E-state index is 0.00451. The lowest BCUT2D eigenvalue weighted by Crippen LogP contribution is -2.49. The molecule has 1 saturated heterocycles. The van der Waals surface area contributed by atoms with Crippen LogP contribution < -0.4 is 0 Å². The molecule has 1 aromatic heterocycles. The van der Waals surface area contributed by atoms with Gasteiger partial charge in [0.1, 0.15) is 0 Å². The lowest BCUT2D eigenvalue weighted by Gasteiger charge is -2.40.